The smallest absolute Gasteiger partial charge is 0.251 e. The van der Waals surface area contributed by atoms with E-state index < -0.39 is 0 Å². The van der Waals surface area contributed by atoms with E-state index >= 15 is 0 Å². The molecule has 2 aromatic carbocycles. The van der Waals surface area contributed by atoms with Gasteiger partial charge in [-0.05, 0) is 69.4 Å². The van der Waals surface area contributed by atoms with E-state index in [0.29, 0.717) is 29.2 Å². The highest BCUT2D eigenvalue weighted by molar-refractivity contribution is 6.32. The van der Waals surface area contributed by atoms with Crippen LogP contribution in [0.5, 0.6) is 5.75 Å². The number of hydrogen-bond donors (Lipinski definition) is 2. The predicted octanol–water partition coefficient (Wildman–Crippen LogP) is 4.23. The summed E-state index contributed by atoms with van der Waals surface area (Å²) in [5.41, 5.74) is 2.73. The second-order valence-corrected chi connectivity index (χ2v) is 7.17. The largest absolute Gasteiger partial charge is 0.489 e. The van der Waals surface area contributed by atoms with Crippen LogP contribution in [-0.4, -0.2) is 29.8 Å². The number of halogens is 1. The molecule has 0 spiro atoms. The third-order valence-electron chi connectivity index (χ3n) is 4.16. The molecule has 1 atom stereocenters. The highest BCUT2D eigenvalue weighted by Gasteiger charge is 2.16. The van der Waals surface area contributed by atoms with Gasteiger partial charge in [0.1, 0.15) is 5.75 Å². The number of aliphatic hydroxyl groups excluding tert-OH is 1. The van der Waals surface area contributed by atoms with E-state index in [0.717, 1.165) is 12.0 Å². The van der Waals surface area contributed by atoms with Gasteiger partial charge in [0.15, 0.2) is 0 Å². The van der Waals surface area contributed by atoms with E-state index in [4.69, 9.17) is 16.3 Å². The van der Waals surface area contributed by atoms with Crippen LogP contribution in [0.2, 0.25) is 5.02 Å². The topological polar surface area (TPSA) is 58.6 Å². The van der Waals surface area contributed by atoms with Gasteiger partial charge in [-0.15, -0.1) is 0 Å². The van der Waals surface area contributed by atoms with Gasteiger partial charge in [0.2, 0.25) is 0 Å². The molecule has 4 nitrogen and oxygen atoms in total. The van der Waals surface area contributed by atoms with Crippen LogP contribution in [0.3, 0.4) is 0 Å². The lowest BCUT2D eigenvalue weighted by Gasteiger charge is -2.19. The summed E-state index contributed by atoms with van der Waals surface area (Å²) >= 11 is 6.22. The number of rotatable bonds is 9. The Bertz CT molecular complexity index is 744. The van der Waals surface area contributed by atoms with Crippen LogP contribution in [0.4, 0.5) is 0 Å². The zero-order valence-electron chi connectivity index (χ0n) is 15.9. The van der Waals surface area contributed by atoms with Crippen LogP contribution in [0, 0.1) is 6.92 Å². The molecular formula is C22H27ClNO3. The molecule has 0 aliphatic carbocycles. The van der Waals surface area contributed by atoms with E-state index in [-0.39, 0.29) is 24.7 Å². The Morgan fingerprint density at radius 1 is 1.19 bits per heavy atom. The zero-order chi connectivity index (χ0) is 19.8. The first-order valence-corrected chi connectivity index (χ1v) is 9.55. The SMILES string of the molecule is [CH2]Cc1ccc(C[C@@H](CCO)NC(=O)c2ccc(OC(C)C)c(Cl)c2)cc1. The molecule has 0 unspecified atom stereocenters. The molecule has 0 bridgehead atoms. The Morgan fingerprint density at radius 3 is 2.41 bits per heavy atom. The summed E-state index contributed by atoms with van der Waals surface area (Å²) in [6.07, 6.45) is 1.87. The van der Waals surface area contributed by atoms with Gasteiger partial charge in [-0.3, -0.25) is 4.79 Å². The number of ether oxygens (including phenoxy) is 1. The van der Waals surface area contributed by atoms with Gasteiger partial charge in [0.25, 0.3) is 5.91 Å². The minimum Gasteiger partial charge on any atom is -0.489 e. The summed E-state index contributed by atoms with van der Waals surface area (Å²) in [6, 6.07) is 13.0. The van der Waals surface area contributed by atoms with Gasteiger partial charge in [0, 0.05) is 18.2 Å². The van der Waals surface area contributed by atoms with Gasteiger partial charge >= 0.3 is 0 Å². The minimum atomic E-state index is -0.221. The Morgan fingerprint density at radius 2 is 1.85 bits per heavy atom. The lowest BCUT2D eigenvalue weighted by atomic mass is 10.0. The predicted molar refractivity (Wildman–Crippen MR) is 109 cm³/mol. The average molecular weight is 389 g/mol. The molecule has 0 heterocycles. The van der Waals surface area contributed by atoms with E-state index in [1.807, 2.05) is 38.1 Å². The van der Waals surface area contributed by atoms with Crippen molar-refractivity contribution < 1.29 is 14.6 Å². The Balaban J connectivity index is 2.06. The lowest BCUT2D eigenvalue weighted by molar-refractivity contribution is 0.0930. The van der Waals surface area contributed by atoms with Crippen LogP contribution in [0.15, 0.2) is 42.5 Å². The van der Waals surface area contributed by atoms with Gasteiger partial charge in [0.05, 0.1) is 11.1 Å². The summed E-state index contributed by atoms with van der Waals surface area (Å²) in [7, 11) is 0. The summed E-state index contributed by atoms with van der Waals surface area (Å²) in [4.78, 5) is 12.6. The highest BCUT2D eigenvalue weighted by Crippen LogP contribution is 2.26. The number of carbonyl (C=O) groups excluding carboxylic acids is 1. The molecule has 0 aliphatic heterocycles. The first-order valence-electron chi connectivity index (χ1n) is 9.18. The number of carbonyl (C=O) groups is 1. The van der Waals surface area contributed by atoms with Crippen molar-refractivity contribution in [3.05, 3.63) is 71.1 Å². The second kappa shape index (κ2) is 10.3. The van der Waals surface area contributed by atoms with Crippen LogP contribution in [0.1, 0.15) is 41.8 Å². The first-order chi connectivity index (χ1) is 12.9. The van der Waals surface area contributed by atoms with Crippen molar-refractivity contribution >= 4 is 17.5 Å². The number of benzene rings is 2. The van der Waals surface area contributed by atoms with E-state index in [1.165, 1.54) is 5.56 Å². The normalized spacial score (nSPS) is 12.1. The average Bonchev–Trinajstić information content (AvgIpc) is 2.63. The van der Waals surface area contributed by atoms with Gasteiger partial charge in [-0.1, -0.05) is 35.9 Å². The van der Waals surface area contributed by atoms with E-state index in [9.17, 15) is 9.90 Å². The maximum Gasteiger partial charge on any atom is 0.251 e. The number of aliphatic hydroxyl groups is 1. The number of hydrogen-bond acceptors (Lipinski definition) is 3. The molecule has 5 heteroatoms. The van der Waals surface area contributed by atoms with Gasteiger partial charge in [-0.2, -0.15) is 0 Å². The molecule has 2 aromatic rings. The first kappa shape index (κ1) is 21.3. The molecule has 0 aliphatic rings. The molecule has 0 saturated carbocycles. The highest BCUT2D eigenvalue weighted by atomic mass is 35.5. The molecule has 1 radical (unpaired) electrons. The van der Waals surface area contributed by atoms with Crippen LogP contribution >= 0.6 is 11.6 Å². The summed E-state index contributed by atoms with van der Waals surface area (Å²) in [5.74, 6) is 0.335. The molecule has 2 rings (SSSR count). The van der Waals surface area contributed by atoms with Crippen molar-refractivity contribution in [3.63, 3.8) is 0 Å². The molecule has 27 heavy (non-hydrogen) atoms. The Kier molecular flexibility index (Phi) is 8.14. The molecule has 2 N–H and O–H groups in total. The van der Waals surface area contributed by atoms with Crippen molar-refractivity contribution in [1.82, 2.24) is 5.32 Å². The second-order valence-electron chi connectivity index (χ2n) is 6.77. The van der Waals surface area contributed by atoms with Crippen molar-refractivity contribution in [2.24, 2.45) is 0 Å². The fraction of sp³-hybridized carbons (Fsp3) is 0.364. The van der Waals surface area contributed by atoms with Crippen LogP contribution in [-0.2, 0) is 12.8 Å². The Hall–Kier alpha value is -2.04. The zero-order valence-corrected chi connectivity index (χ0v) is 16.6. The molecule has 1 amide bonds. The number of amides is 1. The summed E-state index contributed by atoms with van der Waals surface area (Å²) < 4.78 is 5.60. The summed E-state index contributed by atoms with van der Waals surface area (Å²) in [5, 5.41) is 12.7. The maximum absolute atomic E-state index is 12.6. The molecule has 0 fully saturated rings. The number of nitrogens with one attached hydrogen (secondary N) is 1. The van der Waals surface area contributed by atoms with Gasteiger partial charge in [-0.25, -0.2) is 0 Å². The summed E-state index contributed by atoms with van der Waals surface area (Å²) in [6.45, 7) is 7.71. The third-order valence-corrected chi connectivity index (χ3v) is 4.46. The third kappa shape index (κ3) is 6.56. The monoisotopic (exact) mass is 388 g/mol. The fourth-order valence-corrected chi connectivity index (χ4v) is 2.99. The molecule has 145 valence electrons. The van der Waals surface area contributed by atoms with Crippen LogP contribution < -0.4 is 10.1 Å². The van der Waals surface area contributed by atoms with E-state index in [2.05, 4.69) is 12.2 Å². The Labute approximate surface area is 166 Å². The molecule has 0 saturated heterocycles. The van der Waals surface area contributed by atoms with Crippen LogP contribution in [0.25, 0.3) is 0 Å². The van der Waals surface area contributed by atoms with Crippen molar-refractivity contribution in [2.75, 3.05) is 6.61 Å². The minimum absolute atomic E-state index is 0.00380. The maximum atomic E-state index is 12.6. The molecular weight excluding hydrogens is 362 g/mol. The fourth-order valence-electron chi connectivity index (χ4n) is 2.77. The lowest BCUT2D eigenvalue weighted by Crippen LogP contribution is -2.37. The van der Waals surface area contributed by atoms with Gasteiger partial charge < -0.3 is 15.2 Å². The van der Waals surface area contributed by atoms with Crippen molar-refractivity contribution in [2.45, 2.75) is 45.3 Å². The standard InChI is InChI=1S/C22H27ClNO3/c1-4-16-5-7-17(8-6-16)13-19(11-12-25)24-22(26)18-9-10-21(20(23)14-18)27-15(2)3/h5-10,14-15,19,25H,1,4,11-13H2,2-3H3,(H,24,26)/t19-/m1/s1. The van der Waals surface area contributed by atoms with Crippen molar-refractivity contribution in [1.29, 1.82) is 0 Å². The van der Waals surface area contributed by atoms with Crippen molar-refractivity contribution in [3.8, 4) is 5.75 Å². The quantitative estimate of drug-likeness (QED) is 0.675. The van der Waals surface area contributed by atoms with E-state index in [1.54, 1.807) is 18.2 Å². The molecule has 0 aromatic heterocycles.